The van der Waals surface area contributed by atoms with E-state index in [1.165, 1.54) is 0 Å². The molecule has 0 amide bonds. The van der Waals surface area contributed by atoms with E-state index in [-0.39, 0.29) is 7.53 Å². The summed E-state index contributed by atoms with van der Waals surface area (Å²) in [5, 5.41) is 3.22. The topological polar surface area (TPSA) is 43.4 Å². The maximum Gasteiger partial charge on any atom is 0.213 e. The fourth-order valence-corrected chi connectivity index (χ4v) is 1.28. The molecule has 0 saturated heterocycles. The first-order chi connectivity index (χ1) is 7.76. The Kier molecular flexibility index (Phi) is 5.64. The summed E-state index contributed by atoms with van der Waals surface area (Å²) in [5.41, 5.74) is 0. The van der Waals surface area contributed by atoms with Crippen LogP contribution >= 0.6 is 0 Å². The molecule has 1 aromatic rings. The average molecular weight is 226 g/mol. The lowest BCUT2D eigenvalue weighted by atomic mass is 10.4. The Morgan fingerprint density at radius 1 is 1.44 bits per heavy atom. The number of hydrogen-bond acceptors (Lipinski definition) is 4. The van der Waals surface area contributed by atoms with Crippen LogP contribution in [-0.2, 0) is 0 Å². The van der Waals surface area contributed by atoms with Crippen molar-refractivity contribution in [3.05, 3.63) is 18.3 Å². The van der Waals surface area contributed by atoms with Gasteiger partial charge in [-0.05, 0) is 26.5 Å². The van der Waals surface area contributed by atoms with Gasteiger partial charge in [-0.15, -0.1) is 0 Å². The highest BCUT2D eigenvalue weighted by atomic mass is 16.5. The van der Waals surface area contributed by atoms with Crippen molar-refractivity contribution in [2.24, 2.45) is 0 Å². The molecule has 16 heavy (non-hydrogen) atoms. The third-order valence-corrected chi connectivity index (χ3v) is 2.02. The van der Waals surface area contributed by atoms with Gasteiger partial charge in [0.1, 0.15) is 11.9 Å². The molecule has 0 bridgehead atoms. The molecule has 0 spiro atoms. The van der Waals surface area contributed by atoms with Crippen molar-refractivity contribution in [2.45, 2.75) is 26.9 Å². The molecular weight excluding hydrogens is 204 g/mol. The zero-order chi connectivity index (χ0) is 11.8. The lowest BCUT2D eigenvalue weighted by molar-refractivity contribution is 0.209. The van der Waals surface area contributed by atoms with Gasteiger partial charge in [-0.1, -0.05) is 6.92 Å². The van der Waals surface area contributed by atoms with Crippen LogP contribution in [0.1, 0.15) is 22.2 Å². The van der Waals surface area contributed by atoms with Gasteiger partial charge in [0.2, 0.25) is 5.88 Å². The van der Waals surface area contributed by atoms with Gasteiger partial charge in [-0.3, -0.25) is 0 Å². The predicted octanol–water partition coefficient (Wildman–Crippen LogP) is 2.10. The number of ether oxygens (including phenoxy) is 2. The molecule has 1 heterocycles. The van der Waals surface area contributed by atoms with E-state index in [4.69, 9.17) is 9.47 Å². The van der Waals surface area contributed by atoms with Gasteiger partial charge >= 0.3 is 0 Å². The number of likely N-dealkylation sites (N-methyl/N-ethyl adjacent to an activating group) is 1. The van der Waals surface area contributed by atoms with Gasteiger partial charge < -0.3 is 14.8 Å². The van der Waals surface area contributed by atoms with E-state index in [0.29, 0.717) is 12.5 Å². The number of rotatable bonds is 7. The maximum absolute atomic E-state index is 5.62. The van der Waals surface area contributed by atoms with E-state index >= 15 is 0 Å². The third kappa shape index (κ3) is 4.49. The molecule has 1 rings (SSSR count). The third-order valence-electron chi connectivity index (χ3n) is 2.02. The normalized spacial score (nSPS) is 12.2. The van der Waals surface area contributed by atoms with E-state index in [2.05, 4.69) is 17.2 Å². The summed E-state index contributed by atoms with van der Waals surface area (Å²) < 4.78 is 10.9. The summed E-state index contributed by atoms with van der Waals surface area (Å²) >= 11 is 0. The largest absolute Gasteiger partial charge is 0.492 e. The van der Waals surface area contributed by atoms with Gasteiger partial charge in [0, 0.05) is 14.0 Å². The Bertz CT molecular complexity index is 293. The number of aromatic nitrogens is 1. The molecule has 0 aromatic carbocycles. The second kappa shape index (κ2) is 7.06. The SMILES string of the molecule is CCNC[C@H](C)Oc1ccc(OCC)cn1.[HH]. The molecule has 1 atom stereocenters. The Morgan fingerprint density at radius 3 is 2.81 bits per heavy atom. The van der Waals surface area contributed by atoms with Crippen LogP contribution in [0.4, 0.5) is 0 Å². The summed E-state index contributed by atoms with van der Waals surface area (Å²) in [6.45, 7) is 8.46. The van der Waals surface area contributed by atoms with Crippen LogP contribution in [0.3, 0.4) is 0 Å². The summed E-state index contributed by atoms with van der Waals surface area (Å²) in [5.74, 6) is 1.41. The van der Waals surface area contributed by atoms with Crippen LogP contribution in [0.25, 0.3) is 0 Å². The van der Waals surface area contributed by atoms with Crippen LogP contribution in [-0.4, -0.2) is 30.8 Å². The fourth-order valence-electron chi connectivity index (χ4n) is 1.28. The second-order valence-corrected chi connectivity index (χ2v) is 3.50. The molecule has 0 aliphatic heterocycles. The molecule has 0 radical (unpaired) electrons. The minimum atomic E-state index is 0. The molecule has 4 nitrogen and oxygen atoms in total. The Labute approximate surface area is 98.5 Å². The van der Waals surface area contributed by atoms with Crippen LogP contribution in [0.2, 0.25) is 0 Å². The van der Waals surface area contributed by atoms with Gasteiger partial charge in [-0.25, -0.2) is 4.98 Å². The van der Waals surface area contributed by atoms with Crippen molar-refractivity contribution in [1.29, 1.82) is 0 Å². The molecule has 0 unspecified atom stereocenters. The van der Waals surface area contributed by atoms with E-state index in [0.717, 1.165) is 18.8 Å². The van der Waals surface area contributed by atoms with Crippen molar-refractivity contribution in [1.82, 2.24) is 10.3 Å². The molecule has 0 fully saturated rings. The van der Waals surface area contributed by atoms with Crippen LogP contribution < -0.4 is 14.8 Å². The molecule has 0 saturated carbocycles. The number of nitrogens with one attached hydrogen (secondary N) is 1. The predicted molar refractivity (Wildman–Crippen MR) is 66.2 cm³/mol. The zero-order valence-electron chi connectivity index (χ0n) is 10.2. The quantitative estimate of drug-likeness (QED) is 0.773. The molecule has 1 aromatic heterocycles. The van der Waals surface area contributed by atoms with Gasteiger partial charge in [0.05, 0.1) is 12.8 Å². The highest BCUT2D eigenvalue weighted by Crippen LogP contribution is 2.14. The van der Waals surface area contributed by atoms with Crippen molar-refractivity contribution < 1.29 is 10.9 Å². The summed E-state index contributed by atoms with van der Waals surface area (Å²) in [7, 11) is 0. The van der Waals surface area contributed by atoms with E-state index in [1.54, 1.807) is 6.20 Å². The monoisotopic (exact) mass is 226 g/mol. The molecule has 0 aliphatic rings. The van der Waals surface area contributed by atoms with Crippen LogP contribution in [0.5, 0.6) is 11.6 Å². The highest BCUT2D eigenvalue weighted by molar-refractivity contribution is 5.22. The molecule has 0 aliphatic carbocycles. The Balaban J connectivity index is 0.00000256. The first kappa shape index (κ1) is 12.8. The molecule has 4 heteroatoms. The second-order valence-electron chi connectivity index (χ2n) is 3.50. The van der Waals surface area contributed by atoms with Crippen molar-refractivity contribution in [3.8, 4) is 11.6 Å². The fraction of sp³-hybridized carbons (Fsp3) is 0.583. The standard InChI is InChI=1S/C12H20N2O2.H2/c1-4-13-8-10(3)16-12-7-6-11(9-14-12)15-5-2;/h6-7,9-10,13H,4-5,8H2,1-3H3;1H/t10-;/m0./s1. The van der Waals surface area contributed by atoms with Crippen molar-refractivity contribution in [3.63, 3.8) is 0 Å². The van der Waals surface area contributed by atoms with Crippen molar-refractivity contribution >= 4 is 0 Å². The lowest BCUT2D eigenvalue weighted by Gasteiger charge is -2.14. The number of nitrogens with zero attached hydrogens (tertiary/aromatic N) is 1. The summed E-state index contributed by atoms with van der Waals surface area (Å²) in [4.78, 5) is 4.17. The maximum atomic E-state index is 5.62. The first-order valence-corrected chi connectivity index (χ1v) is 5.72. The number of hydrogen-bond donors (Lipinski definition) is 1. The van der Waals surface area contributed by atoms with E-state index in [9.17, 15) is 0 Å². The molecule has 1 N–H and O–H groups in total. The van der Waals surface area contributed by atoms with Gasteiger partial charge in [-0.2, -0.15) is 0 Å². The van der Waals surface area contributed by atoms with E-state index in [1.807, 2.05) is 26.0 Å². The van der Waals surface area contributed by atoms with Crippen LogP contribution in [0, 0.1) is 0 Å². The zero-order valence-corrected chi connectivity index (χ0v) is 10.2. The lowest BCUT2D eigenvalue weighted by Crippen LogP contribution is -2.28. The summed E-state index contributed by atoms with van der Waals surface area (Å²) in [6, 6.07) is 3.69. The first-order valence-electron chi connectivity index (χ1n) is 5.72. The van der Waals surface area contributed by atoms with Crippen molar-refractivity contribution in [2.75, 3.05) is 19.7 Å². The number of pyridine rings is 1. The minimum absolute atomic E-state index is 0. The minimum Gasteiger partial charge on any atom is -0.492 e. The smallest absolute Gasteiger partial charge is 0.213 e. The molecular formula is C12H22N2O2. The average Bonchev–Trinajstić information content (AvgIpc) is 2.29. The van der Waals surface area contributed by atoms with E-state index < -0.39 is 0 Å². The van der Waals surface area contributed by atoms with Gasteiger partial charge in [0.25, 0.3) is 0 Å². The van der Waals surface area contributed by atoms with Gasteiger partial charge in [0.15, 0.2) is 0 Å². The Hall–Kier alpha value is -1.29. The Morgan fingerprint density at radius 2 is 2.25 bits per heavy atom. The molecule has 92 valence electrons. The summed E-state index contributed by atoms with van der Waals surface area (Å²) in [6.07, 6.45) is 1.80. The van der Waals surface area contributed by atoms with Crippen LogP contribution in [0.15, 0.2) is 18.3 Å². The highest BCUT2D eigenvalue weighted by Gasteiger charge is 2.04.